The smallest absolute Gasteiger partial charge is 0.160 e. The average Bonchev–Trinajstić information content (AvgIpc) is 2.95. The summed E-state index contributed by atoms with van der Waals surface area (Å²) >= 11 is 0. The van der Waals surface area contributed by atoms with Gasteiger partial charge in [-0.1, -0.05) is 43.3 Å². The van der Waals surface area contributed by atoms with Crippen molar-refractivity contribution in [2.24, 2.45) is 0 Å². The lowest BCUT2D eigenvalue weighted by molar-refractivity contribution is 0.303. The van der Waals surface area contributed by atoms with Crippen LogP contribution in [0.25, 0.3) is 17.2 Å². The van der Waals surface area contributed by atoms with Gasteiger partial charge >= 0.3 is 0 Å². The molecule has 0 amide bonds. The number of hydrogen-bond acceptors (Lipinski definition) is 3. The summed E-state index contributed by atoms with van der Waals surface area (Å²) in [5.41, 5.74) is 6.56. The summed E-state index contributed by atoms with van der Waals surface area (Å²) in [6, 6.07) is 10.6. The highest BCUT2D eigenvalue weighted by atomic mass is 16.2. The van der Waals surface area contributed by atoms with Gasteiger partial charge in [0.1, 0.15) is 11.3 Å². The van der Waals surface area contributed by atoms with E-state index in [9.17, 15) is 0 Å². The second-order valence-electron chi connectivity index (χ2n) is 6.38. The number of aromatic nitrogens is 3. The minimum Gasteiger partial charge on any atom is -0.396 e. The standard InChI is InChI=1S/C21H25N3O/c1-4-19-23-20-15(2)13-16(3)22-21(20)24(19)14-18-10-8-17(9-11-18)7-5-6-12-25/h5,7-11,13,25H,4,6,12,14H2,1-3H3. The fourth-order valence-electron chi connectivity index (χ4n) is 3.10. The van der Waals surface area contributed by atoms with Crippen molar-refractivity contribution in [2.45, 2.75) is 40.2 Å². The van der Waals surface area contributed by atoms with Crippen LogP contribution in [0.4, 0.5) is 0 Å². The molecule has 0 fully saturated rings. The highest BCUT2D eigenvalue weighted by molar-refractivity contribution is 5.76. The zero-order chi connectivity index (χ0) is 17.8. The molecule has 0 aliphatic carbocycles. The molecule has 1 N–H and O–H groups in total. The summed E-state index contributed by atoms with van der Waals surface area (Å²) in [6.45, 7) is 7.23. The first kappa shape index (κ1) is 17.4. The molecule has 3 aromatic rings. The van der Waals surface area contributed by atoms with Crippen LogP contribution in [0.5, 0.6) is 0 Å². The van der Waals surface area contributed by atoms with Gasteiger partial charge in [-0.05, 0) is 43.0 Å². The SMILES string of the molecule is CCc1nc2c(C)cc(C)nc2n1Cc1ccc(C=CCCO)cc1. The third-order valence-electron chi connectivity index (χ3n) is 4.34. The third-order valence-corrected chi connectivity index (χ3v) is 4.34. The number of nitrogens with zero attached hydrogens (tertiary/aromatic N) is 3. The van der Waals surface area contributed by atoms with E-state index in [0.717, 1.165) is 41.2 Å². The van der Waals surface area contributed by atoms with Crippen molar-refractivity contribution >= 4 is 17.2 Å². The fraction of sp³-hybridized carbons (Fsp3) is 0.333. The van der Waals surface area contributed by atoms with Crippen molar-refractivity contribution in [3.63, 3.8) is 0 Å². The van der Waals surface area contributed by atoms with Gasteiger partial charge < -0.3 is 9.67 Å². The van der Waals surface area contributed by atoms with Gasteiger partial charge in [0, 0.05) is 18.7 Å². The average molecular weight is 335 g/mol. The lowest BCUT2D eigenvalue weighted by atomic mass is 10.1. The molecule has 0 radical (unpaired) electrons. The van der Waals surface area contributed by atoms with E-state index < -0.39 is 0 Å². The quantitative estimate of drug-likeness (QED) is 0.739. The van der Waals surface area contributed by atoms with Crippen LogP contribution in [-0.4, -0.2) is 26.2 Å². The van der Waals surface area contributed by atoms with E-state index in [1.807, 2.05) is 19.1 Å². The van der Waals surface area contributed by atoms with Crippen molar-refractivity contribution in [3.8, 4) is 0 Å². The maximum atomic E-state index is 8.84. The van der Waals surface area contributed by atoms with E-state index in [1.54, 1.807) is 0 Å². The molecule has 0 spiro atoms. The van der Waals surface area contributed by atoms with Gasteiger partial charge in [0.2, 0.25) is 0 Å². The summed E-state index contributed by atoms with van der Waals surface area (Å²) in [4.78, 5) is 9.54. The number of hydrogen-bond donors (Lipinski definition) is 1. The number of rotatable bonds is 6. The number of aryl methyl sites for hydroxylation is 3. The van der Waals surface area contributed by atoms with Gasteiger partial charge in [-0.15, -0.1) is 0 Å². The maximum Gasteiger partial charge on any atom is 0.160 e. The molecular formula is C21H25N3O. The minimum absolute atomic E-state index is 0.188. The van der Waals surface area contributed by atoms with Crippen molar-refractivity contribution < 1.29 is 5.11 Å². The molecule has 1 aromatic carbocycles. The van der Waals surface area contributed by atoms with E-state index >= 15 is 0 Å². The van der Waals surface area contributed by atoms with Crippen LogP contribution in [0.3, 0.4) is 0 Å². The Morgan fingerprint density at radius 1 is 1.12 bits per heavy atom. The lowest BCUT2D eigenvalue weighted by Crippen LogP contribution is -2.05. The molecule has 25 heavy (non-hydrogen) atoms. The van der Waals surface area contributed by atoms with Crippen LogP contribution in [0.15, 0.2) is 36.4 Å². The van der Waals surface area contributed by atoms with Crippen molar-refractivity contribution in [3.05, 3.63) is 64.6 Å². The van der Waals surface area contributed by atoms with Crippen LogP contribution in [0.1, 0.15) is 41.6 Å². The molecule has 4 nitrogen and oxygen atoms in total. The molecule has 0 unspecified atom stereocenters. The maximum absolute atomic E-state index is 8.84. The summed E-state index contributed by atoms with van der Waals surface area (Å²) in [5, 5.41) is 8.84. The molecule has 130 valence electrons. The Morgan fingerprint density at radius 3 is 2.56 bits per heavy atom. The highest BCUT2D eigenvalue weighted by Crippen LogP contribution is 2.21. The van der Waals surface area contributed by atoms with Crippen LogP contribution in [0, 0.1) is 13.8 Å². The number of imidazole rings is 1. The Morgan fingerprint density at radius 2 is 1.88 bits per heavy atom. The van der Waals surface area contributed by atoms with Gasteiger partial charge in [-0.2, -0.15) is 0 Å². The molecular weight excluding hydrogens is 310 g/mol. The van der Waals surface area contributed by atoms with Gasteiger partial charge in [-0.3, -0.25) is 0 Å². The Hall–Kier alpha value is -2.46. The normalized spacial score (nSPS) is 11.7. The Labute approximate surface area is 148 Å². The van der Waals surface area contributed by atoms with Gasteiger partial charge in [0.15, 0.2) is 5.65 Å². The monoisotopic (exact) mass is 335 g/mol. The van der Waals surface area contributed by atoms with Gasteiger partial charge in [-0.25, -0.2) is 9.97 Å². The van der Waals surface area contributed by atoms with E-state index in [2.05, 4.69) is 48.7 Å². The van der Waals surface area contributed by atoms with Crippen LogP contribution >= 0.6 is 0 Å². The predicted molar refractivity (Wildman–Crippen MR) is 103 cm³/mol. The molecule has 3 rings (SSSR count). The Kier molecular flexibility index (Phi) is 5.29. The van der Waals surface area contributed by atoms with Crippen molar-refractivity contribution in [2.75, 3.05) is 6.61 Å². The van der Waals surface area contributed by atoms with Crippen LogP contribution in [-0.2, 0) is 13.0 Å². The molecule has 0 aliphatic heterocycles. The zero-order valence-electron chi connectivity index (χ0n) is 15.2. The molecule has 0 saturated carbocycles. The molecule has 0 bridgehead atoms. The minimum atomic E-state index is 0.188. The lowest BCUT2D eigenvalue weighted by Gasteiger charge is -2.09. The molecule has 0 aliphatic rings. The second-order valence-corrected chi connectivity index (χ2v) is 6.38. The van der Waals surface area contributed by atoms with Crippen LogP contribution < -0.4 is 0 Å². The summed E-state index contributed by atoms with van der Waals surface area (Å²) < 4.78 is 2.23. The largest absolute Gasteiger partial charge is 0.396 e. The third kappa shape index (κ3) is 3.80. The van der Waals surface area contributed by atoms with E-state index in [1.165, 1.54) is 11.1 Å². The van der Waals surface area contributed by atoms with Crippen LogP contribution in [0.2, 0.25) is 0 Å². The second kappa shape index (κ2) is 7.62. The first-order chi connectivity index (χ1) is 12.1. The van der Waals surface area contributed by atoms with Crippen molar-refractivity contribution in [1.29, 1.82) is 0 Å². The topological polar surface area (TPSA) is 50.9 Å². The fourth-order valence-corrected chi connectivity index (χ4v) is 3.10. The zero-order valence-corrected chi connectivity index (χ0v) is 15.2. The molecule has 2 heterocycles. The predicted octanol–water partition coefficient (Wildman–Crippen LogP) is 4.05. The van der Waals surface area contributed by atoms with Gasteiger partial charge in [0.05, 0.1) is 6.54 Å². The molecule has 4 heteroatoms. The van der Waals surface area contributed by atoms with Gasteiger partial charge in [0.25, 0.3) is 0 Å². The summed E-state index contributed by atoms with van der Waals surface area (Å²) in [7, 11) is 0. The number of benzene rings is 1. The van der Waals surface area contributed by atoms with E-state index in [-0.39, 0.29) is 6.61 Å². The Bertz CT molecular complexity index is 892. The molecule has 0 atom stereocenters. The first-order valence-electron chi connectivity index (χ1n) is 8.82. The summed E-state index contributed by atoms with van der Waals surface area (Å²) in [6.07, 6.45) is 5.60. The van der Waals surface area contributed by atoms with E-state index in [0.29, 0.717) is 6.42 Å². The molecule has 0 saturated heterocycles. The molecule has 2 aromatic heterocycles. The number of fused-ring (bicyclic) bond motifs is 1. The van der Waals surface area contributed by atoms with E-state index in [4.69, 9.17) is 15.1 Å². The number of aliphatic hydroxyl groups is 1. The first-order valence-corrected chi connectivity index (χ1v) is 8.82. The highest BCUT2D eigenvalue weighted by Gasteiger charge is 2.13. The van der Waals surface area contributed by atoms with Crippen molar-refractivity contribution in [1.82, 2.24) is 14.5 Å². The Balaban J connectivity index is 1.92. The summed E-state index contributed by atoms with van der Waals surface area (Å²) in [5.74, 6) is 1.07. The number of aliphatic hydroxyl groups excluding tert-OH is 1. The number of pyridine rings is 1.